The van der Waals surface area contributed by atoms with Gasteiger partial charge in [-0.05, 0) is 30.0 Å². The average Bonchev–Trinajstić information content (AvgIpc) is 2.35. The molecule has 4 nitrogen and oxygen atoms in total. The van der Waals surface area contributed by atoms with Gasteiger partial charge in [-0.25, -0.2) is 0 Å². The fourth-order valence-corrected chi connectivity index (χ4v) is 1.96. The van der Waals surface area contributed by atoms with Crippen LogP contribution in [0.25, 0.3) is 6.08 Å². The molecule has 0 spiro atoms. The summed E-state index contributed by atoms with van der Waals surface area (Å²) in [6.07, 6.45) is 3.45. The van der Waals surface area contributed by atoms with Crippen molar-refractivity contribution < 1.29 is 19.7 Å². The predicted octanol–water partition coefficient (Wildman–Crippen LogP) is 0.137. The van der Waals surface area contributed by atoms with E-state index < -0.39 is 12.6 Å². The van der Waals surface area contributed by atoms with Crippen LogP contribution in [0.15, 0.2) is 23.8 Å². The molecule has 1 aliphatic carbocycles. The molecule has 1 N–H and O–H groups in total. The Labute approximate surface area is 99.2 Å². The number of hydrogen-bond acceptors (Lipinski definition) is 4. The number of carboxylic acids is 1. The number of fused-ring (bicyclic) bond motifs is 1. The molecular weight excluding hydrogens is 220 g/mol. The van der Waals surface area contributed by atoms with Crippen LogP contribution in [0.5, 0.6) is 5.75 Å². The Kier molecular flexibility index (Phi) is 3.44. The second kappa shape index (κ2) is 5.01. The van der Waals surface area contributed by atoms with E-state index in [1.165, 1.54) is 0 Å². The van der Waals surface area contributed by atoms with E-state index in [-0.39, 0.29) is 6.61 Å². The monoisotopic (exact) mass is 233 g/mol. The first-order valence-electron chi connectivity index (χ1n) is 5.45. The van der Waals surface area contributed by atoms with Crippen LogP contribution in [0.4, 0.5) is 0 Å². The number of aliphatic carboxylic acids is 1. The number of rotatable bonds is 4. The maximum Gasteiger partial charge on any atom is 0.128 e. The third kappa shape index (κ3) is 2.65. The molecular formula is C13H13O4-. The molecule has 0 aliphatic heterocycles. The fraction of sp³-hybridized carbons (Fsp3) is 0.308. The van der Waals surface area contributed by atoms with Gasteiger partial charge in [-0.3, -0.25) is 0 Å². The first-order valence-corrected chi connectivity index (χ1v) is 5.45. The maximum absolute atomic E-state index is 10.4. The van der Waals surface area contributed by atoms with Gasteiger partial charge in [0.05, 0.1) is 12.6 Å². The van der Waals surface area contributed by atoms with E-state index in [1.807, 2.05) is 12.1 Å². The van der Waals surface area contributed by atoms with Crippen molar-refractivity contribution in [2.45, 2.75) is 12.8 Å². The summed E-state index contributed by atoms with van der Waals surface area (Å²) in [6, 6.07) is 5.48. The zero-order valence-electron chi connectivity index (χ0n) is 9.31. The van der Waals surface area contributed by atoms with Crippen LogP contribution in [0.1, 0.15) is 17.5 Å². The molecule has 0 unspecified atom stereocenters. The van der Waals surface area contributed by atoms with Crippen LogP contribution in [-0.2, 0) is 11.2 Å². The minimum atomic E-state index is -1.23. The SMILES string of the molecule is O=C([O-])COc1cccc2c1CCC(CO)=C2. The fourth-order valence-electron chi connectivity index (χ4n) is 1.96. The van der Waals surface area contributed by atoms with E-state index in [4.69, 9.17) is 9.84 Å². The van der Waals surface area contributed by atoms with Crippen LogP contribution in [0.3, 0.4) is 0 Å². The van der Waals surface area contributed by atoms with Crippen molar-refractivity contribution >= 4 is 12.0 Å². The van der Waals surface area contributed by atoms with Crippen molar-refractivity contribution in [2.75, 3.05) is 13.2 Å². The van der Waals surface area contributed by atoms with Crippen molar-refractivity contribution in [3.8, 4) is 5.75 Å². The lowest BCUT2D eigenvalue weighted by atomic mass is 9.92. The number of carboxylic acid groups (broad SMARTS) is 1. The number of benzene rings is 1. The normalized spacial score (nSPS) is 13.8. The van der Waals surface area contributed by atoms with Gasteiger partial charge in [-0.15, -0.1) is 0 Å². The Morgan fingerprint density at radius 1 is 1.41 bits per heavy atom. The second-order valence-electron chi connectivity index (χ2n) is 3.95. The van der Waals surface area contributed by atoms with E-state index in [0.717, 1.165) is 29.5 Å². The van der Waals surface area contributed by atoms with Crippen LogP contribution in [-0.4, -0.2) is 24.3 Å². The summed E-state index contributed by atoms with van der Waals surface area (Å²) in [4.78, 5) is 10.4. The first kappa shape index (κ1) is 11.7. The van der Waals surface area contributed by atoms with E-state index >= 15 is 0 Å². The van der Waals surface area contributed by atoms with E-state index in [1.54, 1.807) is 12.1 Å². The van der Waals surface area contributed by atoms with Crippen LogP contribution in [0, 0.1) is 0 Å². The van der Waals surface area contributed by atoms with Gasteiger partial charge in [-0.1, -0.05) is 18.2 Å². The quantitative estimate of drug-likeness (QED) is 0.803. The summed E-state index contributed by atoms with van der Waals surface area (Å²) in [7, 11) is 0. The van der Waals surface area contributed by atoms with Gasteiger partial charge >= 0.3 is 0 Å². The lowest BCUT2D eigenvalue weighted by Crippen LogP contribution is -2.29. The third-order valence-electron chi connectivity index (χ3n) is 2.77. The molecule has 0 atom stereocenters. The number of aliphatic hydroxyl groups is 1. The predicted molar refractivity (Wildman–Crippen MR) is 60.3 cm³/mol. The van der Waals surface area contributed by atoms with Crippen molar-refractivity contribution in [1.82, 2.24) is 0 Å². The Bertz CT molecular complexity index is 462. The molecule has 0 fully saturated rings. The summed E-state index contributed by atoms with van der Waals surface area (Å²) in [5.74, 6) is -0.648. The molecule has 1 aliphatic rings. The highest BCUT2D eigenvalue weighted by molar-refractivity contribution is 5.67. The molecule has 0 bridgehead atoms. The highest BCUT2D eigenvalue weighted by Gasteiger charge is 2.14. The maximum atomic E-state index is 10.4. The lowest BCUT2D eigenvalue weighted by molar-refractivity contribution is -0.307. The summed E-state index contributed by atoms with van der Waals surface area (Å²) in [5.41, 5.74) is 2.96. The summed E-state index contributed by atoms with van der Waals surface area (Å²) in [5, 5.41) is 19.4. The highest BCUT2D eigenvalue weighted by atomic mass is 16.5. The molecule has 1 aromatic rings. The van der Waals surface area contributed by atoms with Gasteiger partial charge in [0.2, 0.25) is 0 Å². The molecule has 0 saturated carbocycles. The lowest BCUT2D eigenvalue weighted by Gasteiger charge is -2.19. The van der Waals surface area contributed by atoms with Crippen molar-refractivity contribution in [1.29, 1.82) is 0 Å². The zero-order chi connectivity index (χ0) is 12.3. The second-order valence-corrected chi connectivity index (χ2v) is 3.95. The number of carbonyl (C=O) groups is 1. The highest BCUT2D eigenvalue weighted by Crippen LogP contribution is 2.30. The molecule has 0 amide bonds. The van der Waals surface area contributed by atoms with E-state index in [0.29, 0.717) is 5.75 Å². The molecule has 0 heterocycles. The topological polar surface area (TPSA) is 69.6 Å². The van der Waals surface area contributed by atoms with Gasteiger partial charge in [0.15, 0.2) is 0 Å². The number of aliphatic hydroxyl groups excluding tert-OH is 1. The van der Waals surface area contributed by atoms with Gasteiger partial charge in [0, 0.05) is 5.56 Å². The molecule has 0 aromatic heterocycles. The minimum Gasteiger partial charge on any atom is -0.546 e. The van der Waals surface area contributed by atoms with Crippen molar-refractivity contribution in [3.63, 3.8) is 0 Å². The summed E-state index contributed by atoms with van der Waals surface area (Å²) in [6.45, 7) is -0.378. The zero-order valence-corrected chi connectivity index (χ0v) is 9.31. The van der Waals surface area contributed by atoms with Gasteiger partial charge in [-0.2, -0.15) is 0 Å². The van der Waals surface area contributed by atoms with E-state index in [2.05, 4.69) is 0 Å². The van der Waals surface area contributed by atoms with Crippen molar-refractivity contribution in [2.24, 2.45) is 0 Å². The summed E-state index contributed by atoms with van der Waals surface area (Å²) < 4.78 is 5.18. The standard InChI is InChI=1S/C13H14O4/c14-7-9-4-5-11-10(6-9)2-1-3-12(11)17-8-13(15)16/h1-3,6,14H,4-5,7-8H2,(H,15,16)/p-1. The Morgan fingerprint density at radius 3 is 2.94 bits per heavy atom. The number of ether oxygens (including phenoxy) is 1. The van der Waals surface area contributed by atoms with Crippen molar-refractivity contribution in [3.05, 3.63) is 34.9 Å². The largest absolute Gasteiger partial charge is 0.546 e. The van der Waals surface area contributed by atoms with Gasteiger partial charge in [0.1, 0.15) is 12.4 Å². The molecule has 4 heteroatoms. The number of carbonyl (C=O) groups excluding carboxylic acids is 1. The molecule has 17 heavy (non-hydrogen) atoms. The minimum absolute atomic E-state index is 0.0591. The molecule has 0 radical (unpaired) electrons. The molecule has 90 valence electrons. The van der Waals surface area contributed by atoms with Gasteiger partial charge < -0.3 is 19.7 Å². The van der Waals surface area contributed by atoms with Crippen LogP contribution < -0.4 is 9.84 Å². The van der Waals surface area contributed by atoms with Crippen LogP contribution in [0.2, 0.25) is 0 Å². The molecule has 0 saturated heterocycles. The summed E-state index contributed by atoms with van der Waals surface area (Å²) >= 11 is 0. The third-order valence-corrected chi connectivity index (χ3v) is 2.77. The smallest absolute Gasteiger partial charge is 0.128 e. The Morgan fingerprint density at radius 2 is 2.24 bits per heavy atom. The van der Waals surface area contributed by atoms with E-state index in [9.17, 15) is 9.90 Å². The van der Waals surface area contributed by atoms with Crippen LogP contribution >= 0.6 is 0 Å². The molecule has 1 aromatic carbocycles. The Balaban J connectivity index is 2.26. The first-order chi connectivity index (χ1) is 8.20. The molecule has 2 rings (SSSR count). The Hall–Kier alpha value is -1.81. The number of hydrogen-bond donors (Lipinski definition) is 1. The average molecular weight is 233 g/mol. The van der Waals surface area contributed by atoms with Gasteiger partial charge in [0.25, 0.3) is 0 Å².